The number of aliphatic carboxylic acids is 1. The van der Waals surface area contributed by atoms with E-state index in [0.29, 0.717) is 15.5 Å². The van der Waals surface area contributed by atoms with Gasteiger partial charge in [0.1, 0.15) is 11.8 Å². The summed E-state index contributed by atoms with van der Waals surface area (Å²) in [6.45, 7) is -0.0345. The molecule has 150 valence electrons. The number of hydrogen-bond donors (Lipinski definition) is 1. The van der Waals surface area contributed by atoms with E-state index in [0.717, 1.165) is 5.56 Å². The van der Waals surface area contributed by atoms with E-state index in [4.69, 9.17) is 27.6 Å². The third kappa shape index (κ3) is 5.41. The quantitative estimate of drug-likeness (QED) is 0.456. The van der Waals surface area contributed by atoms with E-state index in [2.05, 4.69) is 15.9 Å². The normalized spacial score (nSPS) is 11.8. The van der Waals surface area contributed by atoms with Crippen LogP contribution in [0.5, 0.6) is 0 Å². The van der Waals surface area contributed by atoms with Crippen LogP contribution in [0.2, 0.25) is 10.0 Å². The molecule has 2 aromatic carbocycles. The van der Waals surface area contributed by atoms with Crippen molar-refractivity contribution >= 4 is 51.0 Å². The molecule has 0 radical (unpaired) electrons. The molecule has 5 nitrogen and oxygen atoms in total. The van der Waals surface area contributed by atoms with E-state index in [1.807, 2.05) is 30.3 Å². The molecular formula is C21H16BrCl2NO4. The van der Waals surface area contributed by atoms with Crippen LogP contribution in [-0.2, 0) is 17.8 Å². The first-order chi connectivity index (χ1) is 13.8. The molecule has 8 heteroatoms. The minimum atomic E-state index is -1.13. The Morgan fingerprint density at radius 1 is 1.07 bits per heavy atom. The van der Waals surface area contributed by atoms with Crippen LogP contribution < -0.4 is 0 Å². The maximum absolute atomic E-state index is 13.3. The summed E-state index contributed by atoms with van der Waals surface area (Å²) in [5, 5.41) is 10.4. The third-order valence-electron chi connectivity index (χ3n) is 4.31. The number of furan rings is 1. The van der Waals surface area contributed by atoms with Crippen LogP contribution in [0, 0.1) is 0 Å². The Bertz CT molecular complexity index is 1020. The number of carboxylic acids is 1. The molecule has 0 saturated heterocycles. The van der Waals surface area contributed by atoms with Gasteiger partial charge >= 0.3 is 5.97 Å². The third-order valence-corrected chi connectivity index (χ3v) is 5.28. The van der Waals surface area contributed by atoms with Gasteiger partial charge in [-0.15, -0.1) is 0 Å². The molecule has 0 spiro atoms. The summed E-state index contributed by atoms with van der Waals surface area (Å²) in [6.07, 6.45) is 0.134. The summed E-state index contributed by atoms with van der Waals surface area (Å²) in [5.74, 6) is -1.21. The first kappa shape index (κ1) is 21.4. The second-order valence-corrected chi connectivity index (χ2v) is 7.93. The topological polar surface area (TPSA) is 70.8 Å². The van der Waals surface area contributed by atoms with Crippen molar-refractivity contribution in [1.82, 2.24) is 4.90 Å². The van der Waals surface area contributed by atoms with E-state index in [-0.39, 0.29) is 23.6 Å². The number of nitrogens with zero attached hydrogens (tertiary/aromatic N) is 1. The average molecular weight is 497 g/mol. The molecule has 0 aliphatic carbocycles. The van der Waals surface area contributed by atoms with E-state index in [9.17, 15) is 14.7 Å². The smallest absolute Gasteiger partial charge is 0.326 e. The number of rotatable bonds is 7. The van der Waals surface area contributed by atoms with Crippen molar-refractivity contribution in [3.05, 3.63) is 92.3 Å². The van der Waals surface area contributed by atoms with Crippen LogP contribution >= 0.6 is 39.1 Å². The molecule has 1 atom stereocenters. The van der Waals surface area contributed by atoms with Crippen LogP contribution in [-0.4, -0.2) is 27.9 Å². The molecule has 0 fully saturated rings. The van der Waals surface area contributed by atoms with Crippen molar-refractivity contribution < 1.29 is 19.1 Å². The molecule has 0 saturated carbocycles. The van der Waals surface area contributed by atoms with Crippen molar-refractivity contribution in [3.63, 3.8) is 0 Å². The van der Waals surface area contributed by atoms with Gasteiger partial charge in [-0.3, -0.25) is 4.79 Å². The van der Waals surface area contributed by atoms with Crippen molar-refractivity contribution in [3.8, 4) is 0 Å². The maximum Gasteiger partial charge on any atom is 0.326 e. The van der Waals surface area contributed by atoms with Gasteiger partial charge in [0.15, 0.2) is 4.67 Å². The van der Waals surface area contributed by atoms with Gasteiger partial charge in [0.2, 0.25) is 0 Å². The molecule has 0 aliphatic heterocycles. The molecule has 1 heterocycles. The van der Waals surface area contributed by atoms with Crippen LogP contribution in [0.25, 0.3) is 0 Å². The fourth-order valence-corrected chi connectivity index (χ4v) is 3.74. The van der Waals surface area contributed by atoms with Gasteiger partial charge in [0.25, 0.3) is 5.91 Å². The number of amides is 1. The first-order valence-electron chi connectivity index (χ1n) is 8.62. The monoisotopic (exact) mass is 495 g/mol. The number of benzene rings is 2. The zero-order valence-electron chi connectivity index (χ0n) is 15.0. The van der Waals surface area contributed by atoms with Gasteiger partial charge in [0.05, 0.1) is 17.1 Å². The lowest BCUT2D eigenvalue weighted by Crippen LogP contribution is -2.46. The standard InChI is InChI=1S/C21H16BrCl2NO4/c22-19-9-7-15(29-19)12-25(20(26)16-8-6-14(23)11-17(16)24)18(21(27)28)10-13-4-2-1-3-5-13/h1-9,11,18H,10,12H2,(H,27,28). The fourth-order valence-electron chi connectivity index (χ4n) is 2.91. The molecule has 3 rings (SSSR count). The summed E-state index contributed by atoms with van der Waals surface area (Å²) < 4.78 is 5.99. The maximum atomic E-state index is 13.3. The van der Waals surface area contributed by atoms with Gasteiger partial charge in [0, 0.05) is 11.4 Å². The van der Waals surface area contributed by atoms with E-state index in [1.165, 1.54) is 23.1 Å². The van der Waals surface area contributed by atoms with Crippen molar-refractivity contribution in [2.45, 2.75) is 19.0 Å². The second kappa shape index (κ2) is 9.48. The van der Waals surface area contributed by atoms with Crippen LogP contribution in [0.1, 0.15) is 21.7 Å². The zero-order valence-corrected chi connectivity index (χ0v) is 18.1. The Kier molecular flexibility index (Phi) is 7.00. The van der Waals surface area contributed by atoms with Crippen molar-refractivity contribution in [2.24, 2.45) is 0 Å². The lowest BCUT2D eigenvalue weighted by molar-refractivity contribution is -0.142. The molecule has 0 aliphatic rings. The predicted molar refractivity (Wildman–Crippen MR) is 114 cm³/mol. The Labute approximate surface area is 186 Å². The second-order valence-electron chi connectivity index (χ2n) is 6.31. The van der Waals surface area contributed by atoms with E-state index < -0.39 is 17.9 Å². The number of carboxylic acid groups (broad SMARTS) is 1. The predicted octanol–water partition coefficient (Wildman–Crippen LogP) is 5.69. The highest BCUT2D eigenvalue weighted by Gasteiger charge is 2.32. The first-order valence-corrected chi connectivity index (χ1v) is 10.2. The minimum absolute atomic E-state index is 0.0345. The van der Waals surface area contributed by atoms with Crippen LogP contribution in [0.15, 0.2) is 69.8 Å². The Morgan fingerprint density at radius 3 is 2.38 bits per heavy atom. The summed E-state index contributed by atoms with van der Waals surface area (Å²) in [5.41, 5.74) is 0.960. The SMILES string of the molecule is O=C(O)C(Cc1ccccc1)N(Cc1ccc(Br)o1)C(=O)c1ccc(Cl)cc1Cl. The van der Waals surface area contributed by atoms with E-state index >= 15 is 0 Å². The fraction of sp³-hybridized carbons (Fsp3) is 0.143. The largest absolute Gasteiger partial charge is 0.480 e. The Balaban J connectivity index is 2.00. The highest BCUT2D eigenvalue weighted by Crippen LogP contribution is 2.26. The van der Waals surface area contributed by atoms with Gasteiger partial charge in [-0.25, -0.2) is 4.79 Å². The van der Waals surface area contributed by atoms with Gasteiger partial charge in [-0.05, 0) is 51.8 Å². The lowest BCUT2D eigenvalue weighted by atomic mass is 10.0. The summed E-state index contributed by atoms with van der Waals surface area (Å²) in [6, 6.07) is 15.8. The molecular weight excluding hydrogens is 481 g/mol. The molecule has 1 aromatic heterocycles. The molecule has 1 amide bonds. The highest BCUT2D eigenvalue weighted by atomic mass is 79.9. The van der Waals surface area contributed by atoms with Gasteiger partial charge < -0.3 is 14.4 Å². The van der Waals surface area contributed by atoms with Gasteiger partial charge in [-0.2, -0.15) is 0 Å². The van der Waals surface area contributed by atoms with Gasteiger partial charge in [-0.1, -0.05) is 53.5 Å². The average Bonchev–Trinajstić information content (AvgIpc) is 3.09. The van der Waals surface area contributed by atoms with Crippen molar-refractivity contribution in [2.75, 3.05) is 0 Å². The minimum Gasteiger partial charge on any atom is -0.480 e. The van der Waals surface area contributed by atoms with Crippen molar-refractivity contribution in [1.29, 1.82) is 0 Å². The number of halogens is 3. The molecule has 29 heavy (non-hydrogen) atoms. The highest BCUT2D eigenvalue weighted by molar-refractivity contribution is 9.10. The Morgan fingerprint density at radius 2 is 1.79 bits per heavy atom. The summed E-state index contributed by atoms with van der Waals surface area (Å²) in [4.78, 5) is 26.7. The molecule has 1 unspecified atom stereocenters. The van der Waals surface area contributed by atoms with Crippen LogP contribution in [0.4, 0.5) is 0 Å². The number of carbonyl (C=O) groups is 2. The number of hydrogen-bond acceptors (Lipinski definition) is 3. The summed E-state index contributed by atoms with van der Waals surface area (Å²) >= 11 is 15.4. The van der Waals surface area contributed by atoms with E-state index in [1.54, 1.807) is 12.1 Å². The molecule has 1 N–H and O–H groups in total. The zero-order chi connectivity index (χ0) is 21.0. The molecule has 0 bridgehead atoms. The summed E-state index contributed by atoms with van der Waals surface area (Å²) in [7, 11) is 0. The molecule has 3 aromatic rings. The lowest BCUT2D eigenvalue weighted by Gasteiger charge is -2.29. The van der Waals surface area contributed by atoms with Crippen LogP contribution in [0.3, 0.4) is 0 Å². The number of carbonyl (C=O) groups excluding carboxylic acids is 1. The Hall–Kier alpha value is -2.28.